The van der Waals surface area contributed by atoms with Crippen LogP contribution in [0, 0.1) is 0 Å². The lowest BCUT2D eigenvalue weighted by molar-refractivity contribution is -0.137. The molecule has 0 N–H and O–H groups in total. The molecule has 7 rings (SSSR count). The number of anilines is 1. The van der Waals surface area contributed by atoms with Crippen molar-refractivity contribution in [2.24, 2.45) is 0 Å². The summed E-state index contributed by atoms with van der Waals surface area (Å²) in [5.74, 6) is -0.0300. The summed E-state index contributed by atoms with van der Waals surface area (Å²) in [4.78, 5) is 37.3. The number of carbonyl (C=O) groups excluding carboxylic acids is 2. The summed E-state index contributed by atoms with van der Waals surface area (Å²) in [5.41, 5.74) is 3.46. The molecule has 244 valence electrons. The van der Waals surface area contributed by atoms with Gasteiger partial charge < -0.3 is 18.7 Å². The monoisotopic (exact) mass is 662 g/mol. The quantitative estimate of drug-likeness (QED) is 0.213. The second-order valence-electron chi connectivity index (χ2n) is 11.9. The zero-order chi connectivity index (χ0) is 33.1. The number of para-hydroxylation sites is 1. The zero-order valence-corrected chi connectivity index (χ0v) is 27.0. The van der Waals surface area contributed by atoms with E-state index < -0.39 is 22.3 Å². The van der Waals surface area contributed by atoms with Crippen molar-refractivity contribution in [2.45, 2.75) is 30.5 Å². The van der Waals surface area contributed by atoms with Crippen molar-refractivity contribution < 1.29 is 26.9 Å². The molecule has 11 heteroatoms. The van der Waals surface area contributed by atoms with Gasteiger partial charge in [-0.2, -0.15) is 8.42 Å². The highest BCUT2D eigenvalue weighted by atomic mass is 32.2. The number of hydrogen-bond acceptors (Lipinski definition) is 8. The number of aromatic nitrogens is 1. The number of carbonyl (C=O) groups is 2. The fraction of sp³-hybridized carbons (Fsp3) is 0.216. The number of hydrogen-bond donors (Lipinski definition) is 0. The van der Waals surface area contributed by atoms with Gasteiger partial charge in [-0.1, -0.05) is 66.7 Å². The summed E-state index contributed by atoms with van der Waals surface area (Å²) in [7, 11) is -4.20. The second-order valence-corrected chi connectivity index (χ2v) is 13.4. The number of piperazine rings is 1. The summed E-state index contributed by atoms with van der Waals surface area (Å²) >= 11 is 0. The Labute approximate surface area is 279 Å². The lowest BCUT2D eigenvalue weighted by Gasteiger charge is -2.41. The molecular weight excluding hydrogens is 628 g/mol. The standard InChI is InChI=1S/C37H34N4O6S/c42-36(40-20-18-39(19-21-40)31-11-5-2-6-12-31)34-23-28-14-15-32(47-48(44,45)35-13-7-10-29-24-38-17-16-33(29)35)22-30(28)25-41(34)37(43)46-26-27-8-3-1-4-9-27/h1-17,22,24,34H,18-21,23,25-26H2/t34-/m0/s1. The van der Waals surface area contributed by atoms with Crippen LogP contribution >= 0.6 is 0 Å². The third kappa shape index (κ3) is 6.54. The Morgan fingerprint density at radius 2 is 1.56 bits per heavy atom. The Hall–Kier alpha value is -5.42. The fourth-order valence-electron chi connectivity index (χ4n) is 6.34. The minimum Gasteiger partial charge on any atom is -0.445 e. The fourth-order valence-corrected chi connectivity index (χ4v) is 7.49. The molecule has 2 aliphatic heterocycles. The van der Waals surface area contributed by atoms with Gasteiger partial charge in [0.15, 0.2) is 0 Å². The van der Waals surface area contributed by atoms with Crippen LogP contribution in [0.15, 0.2) is 120 Å². The molecule has 48 heavy (non-hydrogen) atoms. The van der Waals surface area contributed by atoms with Gasteiger partial charge >= 0.3 is 16.2 Å². The van der Waals surface area contributed by atoms with Crippen LogP contribution in [-0.4, -0.2) is 67.4 Å². The molecule has 2 amide bonds. The van der Waals surface area contributed by atoms with Crippen LogP contribution in [0.4, 0.5) is 10.5 Å². The Morgan fingerprint density at radius 1 is 0.812 bits per heavy atom. The van der Waals surface area contributed by atoms with Crippen molar-refractivity contribution in [3.8, 4) is 5.75 Å². The largest absolute Gasteiger partial charge is 0.445 e. The predicted octanol–water partition coefficient (Wildman–Crippen LogP) is 5.41. The van der Waals surface area contributed by atoms with Gasteiger partial charge in [-0.3, -0.25) is 14.7 Å². The van der Waals surface area contributed by atoms with Crippen LogP contribution < -0.4 is 9.08 Å². The van der Waals surface area contributed by atoms with Gasteiger partial charge in [0.25, 0.3) is 0 Å². The van der Waals surface area contributed by atoms with Crippen molar-refractivity contribution in [1.29, 1.82) is 0 Å². The summed E-state index contributed by atoms with van der Waals surface area (Å²) in [6, 6.07) is 30.2. The lowest BCUT2D eigenvalue weighted by Crippen LogP contribution is -2.57. The highest BCUT2D eigenvalue weighted by Gasteiger charge is 2.39. The molecular formula is C37H34N4O6S. The lowest BCUT2D eigenvalue weighted by atomic mass is 9.93. The van der Waals surface area contributed by atoms with E-state index in [1.807, 2.05) is 53.4 Å². The van der Waals surface area contributed by atoms with Crippen LogP contribution in [0.25, 0.3) is 10.8 Å². The Balaban J connectivity index is 1.12. The maximum Gasteiger partial charge on any atom is 0.411 e. The first-order valence-corrected chi connectivity index (χ1v) is 17.2. The van der Waals surface area contributed by atoms with E-state index in [0.29, 0.717) is 42.5 Å². The average Bonchev–Trinajstić information content (AvgIpc) is 3.13. The summed E-state index contributed by atoms with van der Waals surface area (Å²) < 4.78 is 38.2. The van der Waals surface area contributed by atoms with Crippen LogP contribution in [0.3, 0.4) is 0 Å². The Morgan fingerprint density at radius 3 is 2.33 bits per heavy atom. The minimum atomic E-state index is -4.20. The van der Waals surface area contributed by atoms with E-state index in [1.54, 1.807) is 42.6 Å². The maximum absolute atomic E-state index is 14.1. The van der Waals surface area contributed by atoms with Crippen molar-refractivity contribution in [3.63, 3.8) is 0 Å². The first kappa shape index (κ1) is 31.2. The van der Waals surface area contributed by atoms with Crippen LogP contribution in [-0.2, 0) is 39.2 Å². The van der Waals surface area contributed by atoms with Gasteiger partial charge in [0.05, 0.1) is 6.54 Å². The van der Waals surface area contributed by atoms with Gasteiger partial charge in [-0.25, -0.2) is 4.79 Å². The average molecular weight is 663 g/mol. The van der Waals surface area contributed by atoms with Gasteiger partial charge in [0.2, 0.25) is 5.91 Å². The molecule has 0 spiro atoms. The summed E-state index contributed by atoms with van der Waals surface area (Å²) in [6.45, 7) is 2.53. The molecule has 5 aromatic rings. The molecule has 0 bridgehead atoms. The van der Waals surface area contributed by atoms with E-state index in [-0.39, 0.29) is 36.1 Å². The van der Waals surface area contributed by atoms with Crippen molar-refractivity contribution in [3.05, 3.63) is 132 Å². The molecule has 1 atom stereocenters. The van der Waals surface area contributed by atoms with Crippen molar-refractivity contribution in [1.82, 2.24) is 14.8 Å². The molecule has 0 saturated carbocycles. The van der Waals surface area contributed by atoms with E-state index in [1.165, 1.54) is 17.2 Å². The first-order valence-electron chi connectivity index (χ1n) is 15.8. The van der Waals surface area contributed by atoms with Gasteiger partial charge in [-0.05, 0) is 53.1 Å². The molecule has 2 aliphatic rings. The molecule has 0 aliphatic carbocycles. The number of rotatable bonds is 7. The smallest absolute Gasteiger partial charge is 0.411 e. The normalized spacial score (nSPS) is 16.3. The molecule has 1 saturated heterocycles. The molecule has 10 nitrogen and oxygen atoms in total. The maximum atomic E-state index is 14.1. The van der Waals surface area contributed by atoms with Crippen molar-refractivity contribution in [2.75, 3.05) is 31.1 Å². The number of amides is 2. The summed E-state index contributed by atoms with van der Waals surface area (Å²) in [5, 5.41) is 1.18. The van der Waals surface area contributed by atoms with Crippen LogP contribution in [0.1, 0.15) is 16.7 Å². The number of fused-ring (bicyclic) bond motifs is 2. The van der Waals surface area contributed by atoms with Crippen LogP contribution in [0.2, 0.25) is 0 Å². The number of ether oxygens (including phenoxy) is 1. The highest BCUT2D eigenvalue weighted by Crippen LogP contribution is 2.32. The third-order valence-electron chi connectivity index (χ3n) is 8.86. The predicted molar refractivity (Wildman–Crippen MR) is 181 cm³/mol. The molecule has 3 heterocycles. The molecule has 0 radical (unpaired) electrons. The van der Waals surface area contributed by atoms with E-state index in [4.69, 9.17) is 8.92 Å². The van der Waals surface area contributed by atoms with Crippen LogP contribution in [0.5, 0.6) is 5.75 Å². The highest BCUT2D eigenvalue weighted by molar-refractivity contribution is 7.87. The first-order chi connectivity index (χ1) is 23.4. The Bertz CT molecular complexity index is 2050. The number of nitrogens with zero attached hydrogens (tertiary/aromatic N) is 4. The van der Waals surface area contributed by atoms with E-state index in [0.717, 1.165) is 16.8 Å². The number of benzene rings is 4. The van der Waals surface area contributed by atoms with Crippen molar-refractivity contribution >= 4 is 38.6 Å². The van der Waals surface area contributed by atoms with Gasteiger partial charge in [0, 0.05) is 61.5 Å². The minimum absolute atomic E-state index is 0.0317. The SMILES string of the molecule is O=C([C@@H]1Cc2ccc(OS(=O)(=O)c3cccc4cnccc34)cc2CN1C(=O)OCc1ccccc1)N1CCN(c2ccccc2)CC1. The topological polar surface area (TPSA) is 109 Å². The molecule has 0 unspecified atom stereocenters. The van der Waals surface area contributed by atoms with Gasteiger partial charge in [0.1, 0.15) is 23.3 Å². The van der Waals surface area contributed by atoms with E-state index >= 15 is 0 Å². The van der Waals surface area contributed by atoms with E-state index in [2.05, 4.69) is 22.0 Å². The molecule has 1 aromatic heterocycles. The Kier molecular flexibility index (Phi) is 8.68. The van der Waals surface area contributed by atoms with Gasteiger partial charge in [-0.15, -0.1) is 0 Å². The zero-order valence-electron chi connectivity index (χ0n) is 26.1. The number of pyridine rings is 1. The molecule has 1 fully saturated rings. The third-order valence-corrected chi connectivity index (χ3v) is 10.2. The second kappa shape index (κ2) is 13.4. The van der Waals surface area contributed by atoms with E-state index in [9.17, 15) is 18.0 Å². The molecule has 4 aromatic carbocycles. The summed E-state index contributed by atoms with van der Waals surface area (Å²) in [6.07, 6.45) is 2.78.